The Morgan fingerprint density at radius 1 is 1.11 bits per heavy atom. The van der Waals surface area contributed by atoms with Gasteiger partial charge in [0.2, 0.25) is 5.16 Å². The van der Waals surface area contributed by atoms with Crippen molar-refractivity contribution in [3.63, 3.8) is 0 Å². The van der Waals surface area contributed by atoms with Crippen LogP contribution in [0.4, 0.5) is 0 Å². The fourth-order valence-corrected chi connectivity index (χ4v) is 3.21. The largest absolute Gasteiger partial charge is 0.497 e. The Bertz CT molecular complexity index is 913. The zero-order valence-electron chi connectivity index (χ0n) is 14.5. The number of benzene rings is 2. The first-order valence-corrected chi connectivity index (χ1v) is 9.72. The standard InChI is InChI=1S/C18H17BrN4O3S/c1-25-14-6-8-15(9-7-14)26-10-17-21-22-18(23(17)20)27-11-16(24)12-2-4-13(19)5-3-12/h2-9H,10-11,20H2,1H3. The van der Waals surface area contributed by atoms with E-state index in [2.05, 4.69) is 26.1 Å². The number of ketones is 1. The Balaban J connectivity index is 1.56. The molecule has 140 valence electrons. The van der Waals surface area contributed by atoms with Gasteiger partial charge in [-0.1, -0.05) is 39.8 Å². The van der Waals surface area contributed by atoms with Gasteiger partial charge in [-0.2, -0.15) is 0 Å². The maximum absolute atomic E-state index is 12.2. The molecule has 7 nitrogen and oxygen atoms in total. The number of carbonyl (C=O) groups is 1. The predicted octanol–water partition coefficient (Wildman–Crippen LogP) is 3.32. The second kappa shape index (κ2) is 8.92. The van der Waals surface area contributed by atoms with Crippen LogP contribution in [-0.4, -0.2) is 33.5 Å². The molecular weight excluding hydrogens is 432 g/mol. The molecule has 0 aliphatic carbocycles. The van der Waals surface area contributed by atoms with Crippen molar-refractivity contribution >= 4 is 33.5 Å². The number of rotatable bonds is 8. The number of hydrogen-bond acceptors (Lipinski definition) is 7. The van der Waals surface area contributed by atoms with Crippen molar-refractivity contribution in [3.05, 3.63) is 64.4 Å². The van der Waals surface area contributed by atoms with Gasteiger partial charge in [0.1, 0.15) is 18.1 Å². The number of Topliss-reactive ketones (excluding diaryl/α,β-unsaturated/α-hetero) is 1. The first kappa shape index (κ1) is 19.2. The van der Waals surface area contributed by atoms with Gasteiger partial charge in [-0.15, -0.1) is 10.2 Å². The molecule has 0 radical (unpaired) electrons. The first-order chi connectivity index (χ1) is 13.1. The Morgan fingerprint density at radius 3 is 2.44 bits per heavy atom. The summed E-state index contributed by atoms with van der Waals surface area (Å²) < 4.78 is 13.0. The van der Waals surface area contributed by atoms with E-state index in [1.807, 2.05) is 12.1 Å². The van der Waals surface area contributed by atoms with Gasteiger partial charge < -0.3 is 15.3 Å². The van der Waals surface area contributed by atoms with Crippen molar-refractivity contribution in [1.29, 1.82) is 0 Å². The summed E-state index contributed by atoms with van der Waals surface area (Å²) in [5.41, 5.74) is 0.636. The second-order valence-electron chi connectivity index (χ2n) is 5.45. The predicted molar refractivity (Wildman–Crippen MR) is 107 cm³/mol. The van der Waals surface area contributed by atoms with E-state index in [4.69, 9.17) is 15.3 Å². The van der Waals surface area contributed by atoms with Crippen molar-refractivity contribution in [2.45, 2.75) is 11.8 Å². The average Bonchev–Trinajstić information content (AvgIpc) is 3.05. The monoisotopic (exact) mass is 448 g/mol. The Labute approximate surface area is 169 Å². The summed E-state index contributed by atoms with van der Waals surface area (Å²) >= 11 is 4.58. The van der Waals surface area contributed by atoms with Crippen LogP contribution in [0.5, 0.6) is 11.5 Å². The van der Waals surface area contributed by atoms with Crippen LogP contribution in [0.25, 0.3) is 0 Å². The van der Waals surface area contributed by atoms with Crippen molar-refractivity contribution < 1.29 is 14.3 Å². The third-order valence-corrected chi connectivity index (χ3v) is 5.13. The van der Waals surface area contributed by atoms with E-state index < -0.39 is 0 Å². The number of nitrogens with zero attached hydrogens (tertiary/aromatic N) is 3. The lowest BCUT2D eigenvalue weighted by Gasteiger charge is -2.07. The van der Waals surface area contributed by atoms with Crippen LogP contribution in [0.15, 0.2) is 58.2 Å². The molecule has 0 saturated carbocycles. The lowest BCUT2D eigenvalue weighted by atomic mass is 10.2. The minimum absolute atomic E-state index is 0.00784. The Kier molecular flexibility index (Phi) is 6.36. The molecule has 0 bridgehead atoms. The molecule has 0 spiro atoms. The van der Waals surface area contributed by atoms with E-state index >= 15 is 0 Å². The number of nitrogens with two attached hydrogens (primary N) is 1. The van der Waals surface area contributed by atoms with Gasteiger partial charge in [0.05, 0.1) is 12.9 Å². The topological polar surface area (TPSA) is 92.3 Å². The SMILES string of the molecule is COc1ccc(OCc2nnc(SCC(=O)c3ccc(Br)cc3)n2N)cc1. The zero-order chi connectivity index (χ0) is 19.2. The Morgan fingerprint density at radius 2 is 1.78 bits per heavy atom. The summed E-state index contributed by atoms with van der Waals surface area (Å²) in [6.07, 6.45) is 0. The molecule has 1 aromatic heterocycles. The highest BCUT2D eigenvalue weighted by Crippen LogP contribution is 2.20. The minimum Gasteiger partial charge on any atom is -0.497 e. The van der Waals surface area contributed by atoms with E-state index in [0.717, 1.165) is 10.2 Å². The molecule has 0 unspecified atom stereocenters. The third kappa shape index (κ3) is 5.01. The van der Waals surface area contributed by atoms with E-state index in [1.54, 1.807) is 43.5 Å². The average molecular weight is 449 g/mol. The van der Waals surface area contributed by atoms with Gasteiger partial charge >= 0.3 is 0 Å². The molecule has 2 aromatic carbocycles. The molecule has 0 aliphatic rings. The molecule has 9 heteroatoms. The van der Waals surface area contributed by atoms with Crippen LogP contribution >= 0.6 is 27.7 Å². The van der Waals surface area contributed by atoms with Gasteiger partial charge in [0.15, 0.2) is 11.6 Å². The van der Waals surface area contributed by atoms with Crippen LogP contribution in [0.2, 0.25) is 0 Å². The molecule has 0 aliphatic heterocycles. The first-order valence-electron chi connectivity index (χ1n) is 7.94. The maximum atomic E-state index is 12.2. The molecule has 3 rings (SSSR count). The maximum Gasteiger partial charge on any atom is 0.210 e. The second-order valence-corrected chi connectivity index (χ2v) is 7.31. The number of nitrogen functional groups attached to an aromatic ring is 1. The number of hydrogen-bond donors (Lipinski definition) is 1. The molecule has 0 atom stereocenters. The normalized spacial score (nSPS) is 10.6. The van der Waals surface area contributed by atoms with Crippen LogP contribution in [0.3, 0.4) is 0 Å². The third-order valence-electron chi connectivity index (χ3n) is 3.66. The molecule has 27 heavy (non-hydrogen) atoms. The van der Waals surface area contributed by atoms with Crippen molar-refractivity contribution in [2.75, 3.05) is 18.7 Å². The molecule has 1 heterocycles. The van der Waals surface area contributed by atoms with Gasteiger partial charge in [-0.25, -0.2) is 4.68 Å². The van der Waals surface area contributed by atoms with E-state index in [1.165, 1.54) is 16.4 Å². The molecule has 3 aromatic rings. The number of aromatic nitrogens is 3. The van der Waals surface area contributed by atoms with Crippen molar-refractivity contribution in [3.8, 4) is 11.5 Å². The Hall–Kier alpha value is -2.52. The highest BCUT2D eigenvalue weighted by Gasteiger charge is 2.14. The molecular formula is C18H17BrN4O3S. The molecule has 2 N–H and O–H groups in total. The smallest absolute Gasteiger partial charge is 0.210 e. The summed E-state index contributed by atoms with van der Waals surface area (Å²) in [6.45, 7) is 0.164. The fraction of sp³-hybridized carbons (Fsp3) is 0.167. The lowest BCUT2D eigenvalue weighted by Crippen LogP contribution is -2.16. The zero-order valence-corrected chi connectivity index (χ0v) is 16.9. The summed E-state index contributed by atoms with van der Waals surface area (Å²) in [5.74, 6) is 8.10. The number of halogens is 1. The van der Waals surface area contributed by atoms with E-state index in [0.29, 0.717) is 22.3 Å². The summed E-state index contributed by atoms with van der Waals surface area (Å²) in [7, 11) is 1.60. The number of thioether (sulfide) groups is 1. The lowest BCUT2D eigenvalue weighted by molar-refractivity contribution is 0.102. The van der Waals surface area contributed by atoms with Gasteiger partial charge in [-0.05, 0) is 36.4 Å². The van der Waals surface area contributed by atoms with E-state index in [-0.39, 0.29) is 18.1 Å². The summed E-state index contributed by atoms with van der Waals surface area (Å²) in [5, 5.41) is 8.51. The molecule has 0 fully saturated rings. The van der Waals surface area contributed by atoms with Crippen LogP contribution in [0, 0.1) is 0 Å². The highest BCUT2D eigenvalue weighted by atomic mass is 79.9. The van der Waals surface area contributed by atoms with E-state index in [9.17, 15) is 4.79 Å². The van der Waals surface area contributed by atoms with Gasteiger partial charge in [0, 0.05) is 10.0 Å². The molecule has 0 saturated heterocycles. The quantitative estimate of drug-likeness (QED) is 0.321. The van der Waals surface area contributed by atoms with Crippen LogP contribution < -0.4 is 15.3 Å². The van der Waals surface area contributed by atoms with Crippen LogP contribution in [-0.2, 0) is 6.61 Å². The molecule has 0 amide bonds. The fourth-order valence-electron chi connectivity index (χ4n) is 2.17. The van der Waals surface area contributed by atoms with Gasteiger partial charge in [-0.3, -0.25) is 4.79 Å². The number of carbonyl (C=O) groups excluding carboxylic acids is 1. The van der Waals surface area contributed by atoms with Crippen molar-refractivity contribution in [1.82, 2.24) is 14.9 Å². The van der Waals surface area contributed by atoms with Crippen LogP contribution in [0.1, 0.15) is 16.2 Å². The summed E-state index contributed by atoms with van der Waals surface area (Å²) in [6, 6.07) is 14.4. The number of methoxy groups -OCH3 is 1. The number of ether oxygens (including phenoxy) is 2. The minimum atomic E-state index is -0.00784. The van der Waals surface area contributed by atoms with Gasteiger partial charge in [0.25, 0.3) is 0 Å². The van der Waals surface area contributed by atoms with Crippen molar-refractivity contribution in [2.24, 2.45) is 0 Å². The summed E-state index contributed by atoms with van der Waals surface area (Å²) in [4.78, 5) is 12.2. The highest BCUT2D eigenvalue weighted by molar-refractivity contribution is 9.10.